The van der Waals surface area contributed by atoms with E-state index in [2.05, 4.69) is 61.9 Å². The molecular formula is C29H41O. The molecule has 0 saturated heterocycles. The maximum absolute atomic E-state index is 6.03. The van der Waals surface area contributed by atoms with Gasteiger partial charge in [-0.3, -0.25) is 0 Å². The number of benzene rings is 2. The minimum absolute atomic E-state index is 0.725. The fourth-order valence-electron chi connectivity index (χ4n) is 4.45. The van der Waals surface area contributed by atoms with E-state index in [4.69, 9.17) is 4.74 Å². The van der Waals surface area contributed by atoms with Gasteiger partial charge in [-0.2, -0.15) is 0 Å². The lowest BCUT2D eigenvalue weighted by Gasteiger charge is -2.21. The van der Waals surface area contributed by atoms with Crippen LogP contribution in [0.4, 0.5) is 0 Å². The highest BCUT2D eigenvalue weighted by atomic mass is 16.5. The van der Waals surface area contributed by atoms with E-state index < -0.39 is 0 Å². The molecule has 1 fully saturated rings. The number of ether oxygens (including phenoxy) is 1. The first-order valence-electron chi connectivity index (χ1n) is 12.5. The number of hydrogen-bond donors (Lipinski definition) is 0. The first-order valence-corrected chi connectivity index (χ1v) is 12.5. The van der Waals surface area contributed by atoms with Crippen molar-refractivity contribution in [3.63, 3.8) is 0 Å². The summed E-state index contributed by atoms with van der Waals surface area (Å²) < 4.78 is 6.03. The highest BCUT2D eigenvalue weighted by molar-refractivity contribution is 5.64. The molecule has 0 bridgehead atoms. The van der Waals surface area contributed by atoms with Crippen LogP contribution in [0, 0.1) is 12.3 Å². The molecule has 1 heteroatoms. The molecule has 1 saturated carbocycles. The average molecular weight is 406 g/mol. The Hall–Kier alpha value is -1.76. The minimum Gasteiger partial charge on any atom is -0.493 e. The zero-order chi connectivity index (χ0) is 20.9. The van der Waals surface area contributed by atoms with Crippen molar-refractivity contribution in [2.75, 3.05) is 6.61 Å². The molecule has 0 aliphatic heterocycles. The third kappa shape index (κ3) is 8.17. The summed E-state index contributed by atoms with van der Waals surface area (Å²) in [5.41, 5.74) is 4.03. The molecule has 0 unspecified atom stereocenters. The van der Waals surface area contributed by atoms with E-state index in [0.29, 0.717) is 0 Å². The van der Waals surface area contributed by atoms with E-state index in [1.54, 1.807) is 0 Å². The van der Waals surface area contributed by atoms with Gasteiger partial charge < -0.3 is 4.74 Å². The molecule has 0 atom stereocenters. The second-order valence-corrected chi connectivity index (χ2v) is 9.07. The number of rotatable bonds is 13. The van der Waals surface area contributed by atoms with E-state index in [1.807, 2.05) is 0 Å². The molecule has 1 radical (unpaired) electrons. The first-order chi connectivity index (χ1) is 14.8. The van der Waals surface area contributed by atoms with Crippen LogP contribution in [0.3, 0.4) is 0 Å². The molecule has 0 spiro atoms. The lowest BCUT2D eigenvalue weighted by Crippen LogP contribution is -2.15. The summed E-state index contributed by atoms with van der Waals surface area (Å²) in [6.45, 7) is 3.15. The van der Waals surface area contributed by atoms with Crippen molar-refractivity contribution in [3.05, 3.63) is 60.5 Å². The van der Waals surface area contributed by atoms with Gasteiger partial charge in [0.05, 0.1) is 6.61 Å². The molecule has 1 nitrogen and oxygen atoms in total. The second-order valence-electron chi connectivity index (χ2n) is 9.07. The molecular weight excluding hydrogens is 364 g/mol. The van der Waals surface area contributed by atoms with Crippen LogP contribution in [0.5, 0.6) is 5.75 Å². The normalized spacial score (nSPS) is 14.7. The Bertz CT molecular complexity index is 679. The van der Waals surface area contributed by atoms with Crippen LogP contribution in [0.1, 0.15) is 89.5 Å². The summed E-state index contributed by atoms with van der Waals surface area (Å²) in [4.78, 5) is 0. The van der Waals surface area contributed by atoms with E-state index in [9.17, 15) is 0 Å². The summed E-state index contributed by atoms with van der Waals surface area (Å²) in [7, 11) is 0. The van der Waals surface area contributed by atoms with Crippen LogP contribution >= 0.6 is 0 Å². The Labute approximate surface area is 185 Å². The molecule has 2 aromatic carbocycles. The fourth-order valence-corrected chi connectivity index (χ4v) is 4.45. The van der Waals surface area contributed by atoms with Crippen LogP contribution in [-0.2, 0) is 6.42 Å². The SMILES string of the molecule is CCCCCCCCCCc1ccc(-c2ccc(OCC3CC[CH]CC3)cc2)cc1. The third-order valence-corrected chi connectivity index (χ3v) is 6.50. The lowest BCUT2D eigenvalue weighted by molar-refractivity contribution is 0.221. The molecule has 0 N–H and O–H groups in total. The molecule has 2 aromatic rings. The van der Waals surface area contributed by atoms with Gasteiger partial charge in [0, 0.05) is 0 Å². The van der Waals surface area contributed by atoms with Crippen molar-refractivity contribution in [3.8, 4) is 16.9 Å². The van der Waals surface area contributed by atoms with Gasteiger partial charge in [0.25, 0.3) is 0 Å². The van der Waals surface area contributed by atoms with Gasteiger partial charge >= 0.3 is 0 Å². The number of hydrogen-bond acceptors (Lipinski definition) is 1. The Morgan fingerprint density at radius 1 is 0.700 bits per heavy atom. The summed E-state index contributed by atoms with van der Waals surface area (Å²) in [5.74, 6) is 1.72. The lowest BCUT2D eigenvalue weighted by atomic mass is 9.90. The summed E-state index contributed by atoms with van der Waals surface area (Å²) in [5, 5.41) is 0. The minimum atomic E-state index is 0.725. The van der Waals surface area contributed by atoms with Gasteiger partial charge in [-0.15, -0.1) is 0 Å². The molecule has 3 rings (SSSR count). The molecule has 1 aliphatic rings. The van der Waals surface area contributed by atoms with Crippen molar-refractivity contribution in [2.24, 2.45) is 5.92 Å². The van der Waals surface area contributed by atoms with Crippen LogP contribution in [0.25, 0.3) is 11.1 Å². The quantitative estimate of drug-likeness (QED) is 0.302. The van der Waals surface area contributed by atoms with E-state index in [1.165, 1.54) is 100 Å². The summed E-state index contributed by atoms with van der Waals surface area (Å²) >= 11 is 0. The Balaban J connectivity index is 1.36. The van der Waals surface area contributed by atoms with Crippen LogP contribution in [-0.4, -0.2) is 6.61 Å². The highest BCUT2D eigenvalue weighted by Crippen LogP contribution is 2.26. The summed E-state index contributed by atoms with van der Waals surface area (Å²) in [6.07, 6.45) is 19.8. The largest absolute Gasteiger partial charge is 0.493 e. The first kappa shape index (κ1) is 22.9. The van der Waals surface area contributed by atoms with Crippen molar-refractivity contribution >= 4 is 0 Å². The molecule has 30 heavy (non-hydrogen) atoms. The van der Waals surface area contributed by atoms with Crippen LogP contribution < -0.4 is 4.74 Å². The molecule has 0 aromatic heterocycles. The van der Waals surface area contributed by atoms with E-state index in [0.717, 1.165) is 18.3 Å². The maximum Gasteiger partial charge on any atom is 0.119 e. The number of aryl methyl sites for hydroxylation is 1. The monoisotopic (exact) mass is 405 g/mol. The predicted octanol–water partition coefficient (Wildman–Crippen LogP) is 8.81. The van der Waals surface area contributed by atoms with E-state index >= 15 is 0 Å². The predicted molar refractivity (Wildman–Crippen MR) is 130 cm³/mol. The molecule has 0 amide bonds. The third-order valence-electron chi connectivity index (χ3n) is 6.50. The van der Waals surface area contributed by atoms with E-state index in [-0.39, 0.29) is 0 Å². The summed E-state index contributed by atoms with van der Waals surface area (Å²) in [6, 6.07) is 17.8. The highest BCUT2D eigenvalue weighted by Gasteiger charge is 2.14. The Kier molecular flexibility index (Phi) is 10.3. The van der Waals surface area contributed by atoms with Crippen molar-refractivity contribution in [1.82, 2.24) is 0 Å². The van der Waals surface area contributed by atoms with Gasteiger partial charge in [-0.05, 0) is 79.7 Å². The molecule has 1 aliphatic carbocycles. The number of unbranched alkanes of at least 4 members (excludes halogenated alkanes) is 7. The standard InChI is InChI=1S/C29H41O/c1-2-3-4-5-6-7-8-10-13-25-16-18-27(19-17-25)28-20-22-29(23-21-28)30-24-26-14-11-9-12-15-26/h9,16-23,26H,2-8,10-15,24H2,1H3. The maximum atomic E-state index is 6.03. The van der Waals surface area contributed by atoms with Crippen molar-refractivity contribution in [1.29, 1.82) is 0 Å². The van der Waals surface area contributed by atoms with Gasteiger partial charge in [-0.1, -0.05) is 88.3 Å². The second kappa shape index (κ2) is 13.5. The van der Waals surface area contributed by atoms with Crippen LogP contribution in [0.2, 0.25) is 0 Å². The smallest absolute Gasteiger partial charge is 0.119 e. The Morgan fingerprint density at radius 2 is 1.27 bits per heavy atom. The van der Waals surface area contributed by atoms with Gasteiger partial charge in [0.15, 0.2) is 0 Å². The van der Waals surface area contributed by atoms with Gasteiger partial charge in [0.2, 0.25) is 0 Å². The average Bonchev–Trinajstić information content (AvgIpc) is 2.81. The molecule has 163 valence electrons. The van der Waals surface area contributed by atoms with Gasteiger partial charge in [-0.25, -0.2) is 0 Å². The fraction of sp³-hybridized carbons (Fsp3) is 0.552. The van der Waals surface area contributed by atoms with Crippen LogP contribution in [0.15, 0.2) is 48.5 Å². The van der Waals surface area contributed by atoms with Gasteiger partial charge in [0.1, 0.15) is 5.75 Å². The topological polar surface area (TPSA) is 9.23 Å². The van der Waals surface area contributed by atoms with Crippen molar-refractivity contribution < 1.29 is 4.74 Å². The van der Waals surface area contributed by atoms with Crippen molar-refractivity contribution in [2.45, 2.75) is 90.4 Å². The zero-order valence-electron chi connectivity index (χ0n) is 19.1. The Morgan fingerprint density at radius 3 is 1.90 bits per heavy atom. The zero-order valence-corrected chi connectivity index (χ0v) is 19.1. The molecule has 0 heterocycles.